The van der Waals surface area contributed by atoms with Gasteiger partial charge in [-0.2, -0.15) is 0 Å². The van der Waals surface area contributed by atoms with E-state index < -0.39 is 0 Å². The van der Waals surface area contributed by atoms with Crippen molar-refractivity contribution in [3.8, 4) is 11.5 Å². The predicted octanol–water partition coefficient (Wildman–Crippen LogP) is 2.88. The summed E-state index contributed by atoms with van der Waals surface area (Å²) in [7, 11) is 1.62. The summed E-state index contributed by atoms with van der Waals surface area (Å²) >= 11 is 0. The van der Waals surface area contributed by atoms with Crippen molar-refractivity contribution < 1.29 is 9.47 Å². The lowest BCUT2D eigenvalue weighted by Gasteiger charge is -2.28. The molecule has 1 aliphatic rings. The van der Waals surface area contributed by atoms with Crippen LogP contribution in [0.1, 0.15) is 19.4 Å². The quantitative estimate of drug-likeness (QED) is 0.769. The molecule has 0 unspecified atom stereocenters. The minimum absolute atomic E-state index is 0. The van der Waals surface area contributed by atoms with Gasteiger partial charge in [0.15, 0.2) is 0 Å². The first-order valence-electron chi connectivity index (χ1n) is 4.87. The molecular formula is C12H16ClNO2. The Balaban J connectivity index is 0.00000128. The molecule has 0 bridgehead atoms. The van der Waals surface area contributed by atoms with E-state index in [0.29, 0.717) is 5.69 Å². The minimum Gasteiger partial charge on any atom is -0.497 e. The number of hydrogen-bond acceptors (Lipinski definition) is 3. The zero-order valence-electron chi connectivity index (χ0n) is 9.61. The molecule has 0 fully saturated rings. The average Bonchev–Trinajstić information content (AvgIpc) is 2.15. The number of rotatable bonds is 1. The third-order valence-corrected chi connectivity index (χ3v) is 2.41. The summed E-state index contributed by atoms with van der Waals surface area (Å²) in [6.07, 6.45) is 3.99. The second kappa shape index (κ2) is 4.26. The Bertz CT molecular complexity index is 427. The van der Waals surface area contributed by atoms with Crippen LogP contribution in [0, 0.1) is 0 Å². The van der Waals surface area contributed by atoms with Crippen LogP contribution in [0.25, 0.3) is 6.08 Å². The summed E-state index contributed by atoms with van der Waals surface area (Å²) in [4.78, 5) is 0. The molecule has 4 heteroatoms. The maximum absolute atomic E-state index is 5.90. The number of halogens is 1. The van der Waals surface area contributed by atoms with Crippen LogP contribution < -0.4 is 15.2 Å². The molecule has 0 saturated heterocycles. The van der Waals surface area contributed by atoms with E-state index in [1.165, 1.54) is 0 Å². The fourth-order valence-electron chi connectivity index (χ4n) is 1.60. The normalized spacial score (nSPS) is 15.7. The first-order chi connectivity index (χ1) is 7.02. The van der Waals surface area contributed by atoms with Gasteiger partial charge in [0.2, 0.25) is 0 Å². The molecule has 1 heterocycles. The molecular weight excluding hydrogens is 226 g/mol. The lowest BCUT2D eigenvalue weighted by atomic mass is 10.0. The number of anilines is 1. The SMILES string of the molecule is COc1cc(N)c2c(c1)OC(C)(C)C=C2.Cl. The Morgan fingerprint density at radius 2 is 2.00 bits per heavy atom. The molecule has 3 nitrogen and oxygen atoms in total. The van der Waals surface area contributed by atoms with Gasteiger partial charge in [0.1, 0.15) is 17.1 Å². The molecule has 16 heavy (non-hydrogen) atoms. The van der Waals surface area contributed by atoms with Gasteiger partial charge in [-0.05, 0) is 26.0 Å². The molecule has 1 aliphatic heterocycles. The first kappa shape index (κ1) is 12.7. The van der Waals surface area contributed by atoms with Crippen molar-refractivity contribution in [3.05, 3.63) is 23.8 Å². The monoisotopic (exact) mass is 241 g/mol. The second-order valence-electron chi connectivity index (χ2n) is 4.17. The van der Waals surface area contributed by atoms with Crippen LogP contribution in [0.15, 0.2) is 18.2 Å². The molecule has 0 aromatic heterocycles. The van der Waals surface area contributed by atoms with Gasteiger partial charge in [-0.1, -0.05) is 0 Å². The topological polar surface area (TPSA) is 44.5 Å². The number of hydrogen-bond donors (Lipinski definition) is 1. The van der Waals surface area contributed by atoms with E-state index in [4.69, 9.17) is 15.2 Å². The predicted molar refractivity (Wildman–Crippen MR) is 68.4 cm³/mol. The third kappa shape index (κ3) is 2.25. The van der Waals surface area contributed by atoms with Gasteiger partial charge < -0.3 is 15.2 Å². The van der Waals surface area contributed by atoms with Gasteiger partial charge in [-0.3, -0.25) is 0 Å². The molecule has 1 aromatic carbocycles. The Morgan fingerprint density at radius 3 is 2.62 bits per heavy atom. The lowest BCUT2D eigenvalue weighted by Crippen LogP contribution is -2.27. The molecule has 0 radical (unpaired) electrons. The van der Waals surface area contributed by atoms with Gasteiger partial charge in [0.05, 0.1) is 7.11 Å². The van der Waals surface area contributed by atoms with Crippen molar-refractivity contribution in [2.24, 2.45) is 0 Å². The van der Waals surface area contributed by atoms with E-state index in [1.54, 1.807) is 13.2 Å². The molecule has 0 aliphatic carbocycles. The largest absolute Gasteiger partial charge is 0.497 e. The van der Waals surface area contributed by atoms with Crippen molar-refractivity contribution in [3.63, 3.8) is 0 Å². The summed E-state index contributed by atoms with van der Waals surface area (Å²) in [6, 6.07) is 3.65. The van der Waals surface area contributed by atoms with Gasteiger partial charge in [0, 0.05) is 23.4 Å². The molecule has 88 valence electrons. The van der Waals surface area contributed by atoms with Gasteiger partial charge >= 0.3 is 0 Å². The first-order valence-corrected chi connectivity index (χ1v) is 4.87. The van der Waals surface area contributed by atoms with Crippen molar-refractivity contribution >= 4 is 24.2 Å². The maximum Gasteiger partial charge on any atom is 0.133 e. The average molecular weight is 242 g/mol. The molecule has 0 amide bonds. The Kier molecular flexibility index (Phi) is 3.38. The fraction of sp³-hybridized carbons (Fsp3) is 0.333. The van der Waals surface area contributed by atoms with E-state index in [1.807, 2.05) is 32.1 Å². The van der Waals surface area contributed by atoms with E-state index in [-0.39, 0.29) is 18.0 Å². The molecule has 0 atom stereocenters. The van der Waals surface area contributed by atoms with E-state index >= 15 is 0 Å². The number of ether oxygens (including phenoxy) is 2. The van der Waals surface area contributed by atoms with Crippen LogP contribution >= 0.6 is 12.4 Å². The third-order valence-electron chi connectivity index (χ3n) is 2.41. The van der Waals surface area contributed by atoms with Crippen LogP contribution in [0.5, 0.6) is 11.5 Å². The van der Waals surface area contributed by atoms with Crippen molar-refractivity contribution in [2.45, 2.75) is 19.4 Å². The van der Waals surface area contributed by atoms with E-state index in [9.17, 15) is 0 Å². The Morgan fingerprint density at radius 1 is 1.31 bits per heavy atom. The highest BCUT2D eigenvalue weighted by Gasteiger charge is 2.23. The maximum atomic E-state index is 5.90. The molecule has 1 aromatic rings. The van der Waals surface area contributed by atoms with Crippen LogP contribution in [0.4, 0.5) is 5.69 Å². The van der Waals surface area contributed by atoms with Crippen LogP contribution in [0.2, 0.25) is 0 Å². The van der Waals surface area contributed by atoms with E-state index in [0.717, 1.165) is 17.1 Å². The summed E-state index contributed by atoms with van der Waals surface area (Å²) < 4.78 is 10.9. The van der Waals surface area contributed by atoms with Gasteiger partial charge in [-0.15, -0.1) is 12.4 Å². The lowest BCUT2D eigenvalue weighted by molar-refractivity contribution is 0.158. The number of methoxy groups -OCH3 is 1. The highest BCUT2D eigenvalue weighted by molar-refractivity contribution is 5.85. The van der Waals surface area contributed by atoms with Crippen molar-refractivity contribution in [2.75, 3.05) is 12.8 Å². The van der Waals surface area contributed by atoms with Gasteiger partial charge in [0.25, 0.3) is 0 Å². The Hall–Kier alpha value is -1.35. The molecule has 2 rings (SSSR count). The number of nitrogens with two attached hydrogens (primary N) is 1. The minimum atomic E-state index is -0.286. The molecule has 0 saturated carbocycles. The highest BCUT2D eigenvalue weighted by atomic mass is 35.5. The van der Waals surface area contributed by atoms with Crippen molar-refractivity contribution in [1.29, 1.82) is 0 Å². The standard InChI is InChI=1S/C12H15NO2.ClH/c1-12(2)5-4-9-10(13)6-8(14-3)7-11(9)15-12;/h4-7H,13H2,1-3H3;1H. The smallest absolute Gasteiger partial charge is 0.133 e. The van der Waals surface area contributed by atoms with E-state index in [2.05, 4.69) is 0 Å². The highest BCUT2D eigenvalue weighted by Crippen LogP contribution is 2.37. The van der Waals surface area contributed by atoms with Crippen LogP contribution in [-0.2, 0) is 0 Å². The van der Waals surface area contributed by atoms with Crippen LogP contribution in [-0.4, -0.2) is 12.7 Å². The number of nitrogen functional groups attached to an aromatic ring is 1. The zero-order valence-corrected chi connectivity index (χ0v) is 10.4. The van der Waals surface area contributed by atoms with Crippen molar-refractivity contribution in [1.82, 2.24) is 0 Å². The number of benzene rings is 1. The summed E-state index contributed by atoms with van der Waals surface area (Å²) in [6.45, 7) is 4.00. The summed E-state index contributed by atoms with van der Waals surface area (Å²) in [5.41, 5.74) is 7.21. The zero-order chi connectivity index (χ0) is 11.1. The Labute approximate surface area is 102 Å². The summed E-state index contributed by atoms with van der Waals surface area (Å²) in [5.74, 6) is 1.50. The molecule has 2 N–H and O–H groups in total. The van der Waals surface area contributed by atoms with Crippen LogP contribution in [0.3, 0.4) is 0 Å². The molecule has 0 spiro atoms. The van der Waals surface area contributed by atoms with Gasteiger partial charge in [-0.25, -0.2) is 0 Å². The fourth-order valence-corrected chi connectivity index (χ4v) is 1.60. The number of fused-ring (bicyclic) bond motifs is 1. The second-order valence-corrected chi connectivity index (χ2v) is 4.17. The summed E-state index contributed by atoms with van der Waals surface area (Å²) in [5, 5.41) is 0.